The van der Waals surface area contributed by atoms with E-state index >= 15 is 0 Å². The Bertz CT molecular complexity index is 564. The molecule has 128 valence electrons. The van der Waals surface area contributed by atoms with Gasteiger partial charge < -0.3 is 14.6 Å². The maximum atomic E-state index is 12.1. The van der Waals surface area contributed by atoms with Crippen LogP contribution in [0.5, 0.6) is 5.75 Å². The number of carbonyl (C=O) groups is 2. The highest BCUT2D eigenvalue weighted by atomic mass is 16.6. The van der Waals surface area contributed by atoms with Crippen LogP contribution in [0.3, 0.4) is 0 Å². The summed E-state index contributed by atoms with van der Waals surface area (Å²) in [6.45, 7) is 10.9. The molecule has 0 saturated heterocycles. The molecule has 5 heteroatoms. The Hall–Kier alpha value is -2.04. The van der Waals surface area contributed by atoms with Crippen molar-refractivity contribution in [3.63, 3.8) is 0 Å². The molecule has 0 bridgehead atoms. The fourth-order valence-corrected chi connectivity index (χ4v) is 1.97. The van der Waals surface area contributed by atoms with E-state index in [1.807, 2.05) is 20.8 Å². The third-order valence-corrected chi connectivity index (χ3v) is 2.75. The molecule has 23 heavy (non-hydrogen) atoms. The predicted octanol–water partition coefficient (Wildman–Crippen LogP) is 3.45. The highest BCUT2D eigenvalue weighted by Crippen LogP contribution is 2.22. The van der Waals surface area contributed by atoms with Gasteiger partial charge in [-0.25, -0.2) is 0 Å². The van der Waals surface area contributed by atoms with Gasteiger partial charge in [0.1, 0.15) is 17.0 Å². The Balaban J connectivity index is 2.91. The Labute approximate surface area is 137 Å². The number of carboxylic acid groups (broad SMARTS) is 1. The molecule has 1 unspecified atom stereocenters. The average molecular weight is 322 g/mol. The molecule has 0 aromatic heterocycles. The van der Waals surface area contributed by atoms with Crippen LogP contribution in [0.25, 0.3) is 0 Å². The summed E-state index contributed by atoms with van der Waals surface area (Å²) in [7, 11) is 0. The summed E-state index contributed by atoms with van der Waals surface area (Å²) >= 11 is 0. The monoisotopic (exact) mass is 322 g/mol. The molecule has 0 radical (unpaired) electrons. The zero-order valence-corrected chi connectivity index (χ0v) is 14.7. The molecule has 1 rings (SSSR count). The number of ether oxygens (including phenoxy) is 2. The standard InChI is InChI=1S/C18H26O5/c1-17(2,3)22-13-9-7-8-12(10-13)11-14(15(19)20)16(21)23-18(4,5)6/h7-10,14H,11H2,1-6H3,(H,19,20). The maximum Gasteiger partial charge on any atom is 0.321 e. The molecule has 1 N–H and O–H groups in total. The number of hydrogen-bond acceptors (Lipinski definition) is 4. The molecule has 1 atom stereocenters. The lowest BCUT2D eigenvalue weighted by Gasteiger charge is -2.23. The zero-order chi connectivity index (χ0) is 17.8. The molecule has 0 amide bonds. The molecule has 0 aliphatic rings. The van der Waals surface area contributed by atoms with E-state index in [2.05, 4.69) is 0 Å². The molecular formula is C18H26O5. The van der Waals surface area contributed by atoms with E-state index in [0.717, 1.165) is 0 Å². The van der Waals surface area contributed by atoms with E-state index in [4.69, 9.17) is 9.47 Å². The van der Waals surface area contributed by atoms with Gasteiger partial charge in [-0.3, -0.25) is 9.59 Å². The molecule has 0 heterocycles. The van der Waals surface area contributed by atoms with Crippen molar-refractivity contribution in [2.75, 3.05) is 0 Å². The summed E-state index contributed by atoms with van der Waals surface area (Å²) in [4.78, 5) is 23.5. The number of hydrogen-bond donors (Lipinski definition) is 1. The van der Waals surface area contributed by atoms with Crippen LogP contribution in [0.1, 0.15) is 47.1 Å². The lowest BCUT2D eigenvalue weighted by Crippen LogP contribution is -2.34. The van der Waals surface area contributed by atoms with Crippen molar-refractivity contribution in [1.29, 1.82) is 0 Å². The quantitative estimate of drug-likeness (QED) is 0.664. The van der Waals surface area contributed by atoms with Gasteiger partial charge in [-0.1, -0.05) is 12.1 Å². The van der Waals surface area contributed by atoms with E-state index in [1.165, 1.54) is 0 Å². The largest absolute Gasteiger partial charge is 0.488 e. The van der Waals surface area contributed by atoms with Crippen LogP contribution >= 0.6 is 0 Å². The summed E-state index contributed by atoms with van der Waals surface area (Å²) in [6.07, 6.45) is 0.0611. The van der Waals surface area contributed by atoms with Crippen molar-refractivity contribution < 1.29 is 24.2 Å². The van der Waals surface area contributed by atoms with Gasteiger partial charge in [0, 0.05) is 0 Å². The first-order valence-corrected chi connectivity index (χ1v) is 7.61. The summed E-state index contributed by atoms with van der Waals surface area (Å²) in [5.74, 6) is -2.52. The van der Waals surface area contributed by atoms with Gasteiger partial charge in [0.2, 0.25) is 0 Å². The highest BCUT2D eigenvalue weighted by molar-refractivity contribution is 5.94. The SMILES string of the molecule is CC(C)(C)OC(=O)C(Cc1cccc(OC(C)(C)C)c1)C(=O)O. The van der Waals surface area contributed by atoms with E-state index < -0.39 is 23.5 Å². The van der Waals surface area contributed by atoms with Gasteiger partial charge in [-0.15, -0.1) is 0 Å². The lowest BCUT2D eigenvalue weighted by atomic mass is 9.99. The summed E-state index contributed by atoms with van der Waals surface area (Å²) in [5.41, 5.74) is -0.358. The summed E-state index contributed by atoms with van der Waals surface area (Å²) in [6, 6.07) is 7.11. The topological polar surface area (TPSA) is 72.8 Å². The van der Waals surface area contributed by atoms with Crippen molar-refractivity contribution in [3.05, 3.63) is 29.8 Å². The van der Waals surface area contributed by atoms with Gasteiger partial charge >= 0.3 is 11.9 Å². The number of carbonyl (C=O) groups excluding carboxylic acids is 1. The minimum atomic E-state index is -1.24. The number of aliphatic carboxylic acids is 1. The highest BCUT2D eigenvalue weighted by Gasteiger charge is 2.31. The van der Waals surface area contributed by atoms with Crippen molar-refractivity contribution in [2.24, 2.45) is 5.92 Å². The molecule has 0 fully saturated rings. The Morgan fingerprint density at radius 2 is 1.70 bits per heavy atom. The normalized spacial score (nSPS) is 13.3. The molecular weight excluding hydrogens is 296 g/mol. The van der Waals surface area contributed by atoms with Gasteiger partial charge in [0.25, 0.3) is 0 Å². The van der Waals surface area contributed by atoms with Gasteiger partial charge in [-0.05, 0) is 65.7 Å². The first-order chi connectivity index (χ1) is 10.4. The third-order valence-electron chi connectivity index (χ3n) is 2.75. The second-order valence-electron chi connectivity index (χ2n) is 7.49. The van der Waals surface area contributed by atoms with Crippen LogP contribution in [0.4, 0.5) is 0 Å². The van der Waals surface area contributed by atoms with Crippen molar-refractivity contribution in [2.45, 2.75) is 59.2 Å². The second-order valence-corrected chi connectivity index (χ2v) is 7.49. The van der Waals surface area contributed by atoms with Crippen molar-refractivity contribution in [1.82, 2.24) is 0 Å². The van der Waals surface area contributed by atoms with Crippen LogP contribution in [0.2, 0.25) is 0 Å². The van der Waals surface area contributed by atoms with E-state index in [0.29, 0.717) is 11.3 Å². The van der Waals surface area contributed by atoms with E-state index in [9.17, 15) is 14.7 Å². The summed E-state index contributed by atoms with van der Waals surface area (Å²) in [5, 5.41) is 9.33. The minimum Gasteiger partial charge on any atom is -0.488 e. The smallest absolute Gasteiger partial charge is 0.321 e. The molecule has 0 aliphatic carbocycles. The molecule has 0 aliphatic heterocycles. The molecule has 0 saturated carbocycles. The molecule has 5 nitrogen and oxygen atoms in total. The van der Waals surface area contributed by atoms with Gasteiger partial charge in [0.15, 0.2) is 5.92 Å². The first kappa shape index (κ1) is 19.0. The lowest BCUT2D eigenvalue weighted by molar-refractivity contribution is -0.166. The predicted molar refractivity (Wildman–Crippen MR) is 87.5 cm³/mol. The zero-order valence-electron chi connectivity index (χ0n) is 14.7. The number of esters is 1. The third kappa shape index (κ3) is 7.17. The minimum absolute atomic E-state index is 0.0611. The number of rotatable bonds is 5. The Kier molecular flexibility index (Phi) is 5.81. The first-order valence-electron chi connectivity index (χ1n) is 7.61. The fraction of sp³-hybridized carbons (Fsp3) is 0.556. The number of benzene rings is 1. The summed E-state index contributed by atoms with van der Waals surface area (Å²) < 4.78 is 11.0. The van der Waals surface area contributed by atoms with Crippen LogP contribution in [-0.4, -0.2) is 28.2 Å². The van der Waals surface area contributed by atoms with E-state index in [-0.39, 0.29) is 12.0 Å². The van der Waals surface area contributed by atoms with E-state index in [1.54, 1.807) is 45.0 Å². The Morgan fingerprint density at radius 1 is 1.09 bits per heavy atom. The van der Waals surface area contributed by atoms with Gasteiger partial charge in [-0.2, -0.15) is 0 Å². The van der Waals surface area contributed by atoms with Crippen molar-refractivity contribution in [3.8, 4) is 5.75 Å². The van der Waals surface area contributed by atoms with Crippen LogP contribution < -0.4 is 4.74 Å². The molecule has 1 aromatic carbocycles. The number of carboxylic acids is 1. The fourth-order valence-electron chi connectivity index (χ4n) is 1.97. The van der Waals surface area contributed by atoms with Crippen LogP contribution in [0.15, 0.2) is 24.3 Å². The average Bonchev–Trinajstić information content (AvgIpc) is 2.31. The second kappa shape index (κ2) is 7.02. The molecule has 1 aromatic rings. The van der Waals surface area contributed by atoms with Crippen LogP contribution in [-0.2, 0) is 20.7 Å². The molecule has 0 spiro atoms. The van der Waals surface area contributed by atoms with Crippen molar-refractivity contribution >= 4 is 11.9 Å². The Morgan fingerprint density at radius 3 is 2.17 bits per heavy atom. The maximum absolute atomic E-state index is 12.1. The van der Waals surface area contributed by atoms with Gasteiger partial charge in [0.05, 0.1) is 0 Å². The van der Waals surface area contributed by atoms with Crippen LogP contribution in [0, 0.1) is 5.92 Å².